The van der Waals surface area contributed by atoms with Gasteiger partial charge in [0.1, 0.15) is 5.02 Å². The van der Waals surface area contributed by atoms with E-state index in [0.717, 1.165) is 67.5 Å². The van der Waals surface area contributed by atoms with Crippen molar-refractivity contribution in [3.8, 4) is 5.75 Å². The van der Waals surface area contributed by atoms with Gasteiger partial charge in [-0.1, -0.05) is 17.7 Å². The predicted molar refractivity (Wildman–Crippen MR) is 239 cm³/mol. The molecule has 4 N–H and O–H groups in total. The lowest BCUT2D eigenvalue weighted by Gasteiger charge is -2.46. The van der Waals surface area contributed by atoms with Crippen molar-refractivity contribution in [2.75, 3.05) is 53.2 Å². The van der Waals surface area contributed by atoms with Crippen molar-refractivity contribution in [2.45, 2.75) is 81.8 Å². The number of fused-ring (bicyclic) bond motifs is 4. The molecule has 4 aliphatic heterocycles. The van der Waals surface area contributed by atoms with Gasteiger partial charge in [-0.25, -0.2) is 13.8 Å². The summed E-state index contributed by atoms with van der Waals surface area (Å²) in [5, 5.41) is 22.6. The Morgan fingerprint density at radius 1 is 0.968 bits per heavy atom. The second-order valence-electron chi connectivity index (χ2n) is 18.6. The highest BCUT2D eigenvalue weighted by atomic mass is 35.5. The molecule has 63 heavy (non-hydrogen) atoms. The minimum atomic E-state index is -3.14. The third-order valence-electron chi connectivity index (χ3n) is 14.2. The number of carbonyl (C=O) groups is 2. The number of rotatable bonds is 8. The Bertz CT molecular complexity index is 2710. The largest absolute Gasteiger partial charge is 0.480 e. The van der Waals surface area contributed by atoms with Crippen LogP contribution in [0.25, 0.3) is 21.8 Å². The van der Waals surface area contributed by atoms with Gasteiger partial charge in [0, 0.05) is 75.0 Å². The molecule has 332 valence electrons. The maximum absolute atomic E-state index is 15.2. The summed E-state index contributed by atoms with van der Waals surface area (Å²) < 4.78 is 39.3. The lowest BCUT2D eigenvalue weighted by Crippen LogP contribution is -2.53. The number of nitrogens with zero attached hydrogens (tertiary/aromatic N) is 6. The number of aryl methyl sites for hydroxylation is 2. The number of amides is 2. The number of piperidine rings is 3. The fourth-order valence-electron chi connectivity index (χ4n) is 10.5. The van der Waals surface area contributed by atoms with Crippen LogP contribution < -0.4 is 36.0 Å². The topological polar surface area (TPSA) is 159 Å². The maximum Gasteiger partial charge on any atom is 0.301 e. The van der Waals surface area contributed by atoms with E-state index in [1.165, 1.54) is 4.57 Å². The molecule has 7 heterocycles. The first-order valence-electron chi connectivity index (χ1n) is 22.0. The second kappa shape index (κ2) is 15.6. The normalized spacial score (nSPS) is 25.3. The molecule has 2 amide bonds. The summed E-state index contributed by atoms with van der Waals surface area (Å²) in [6, 6.07) is 10.5. The minimum absolute atomic E-state index is 0.115. The number of carbonyl (C=O) groups excluding carboxylic acids is 2. The number of halogens is 3. The molecular formula is C46H52ClF2N9O5. The summed E-state index contributed by atoms with van der Waals surface area (Å²) in [6.07, 6.45) is 9.43. The molecule has 3 aromatic heterocycles. The number of imide groups is 1. The number of ether oxygens (including phenoxy) is 1. The number of benzene rings is 2. The average Bonchev–Trinajstić information content (AvgIpc) is 4.06. The Balaban J connectivity index is 0.785. The monoisotopic (exact) mass is 883 g/mol. The van der Waals surface area contributed by atoms with E-state index in [9.17, 15) is 19.5 Å². The van der Waals surface area contributed by atoms with Crippen LogP contribution in [0.1, 0.15) is 69.8 Å². The van der Waals surface area contributed by atoms with Crippen LogP contribution in [0.5, 0.6) is 5.75 Å². The first kappa shape index (κ1) is 41.5. The standard InChI is InChI=1S/C46H52ClF2N9O5/c1-45(62)23-58(29-7-8-30-33(22-55(2)36(30)20-29)31-9-11-37(59)52-42(31)60)17-14-27(45)18-25-12-15-57(16-13-25)44-50-21-34(47)41(54-44)51-28-6-10-35-32(19-28)38-39(43(61)56(35)3)63-24-46(48,49)40(53-38)26-4-5-26/h6-8,10,19-22,25-27,31,40,53,62H,4-5,9,11-18,23-24H2,1-3H3,(H,50,51,54)(H,52,59,60). The molecule has 1 saturated carbocycles. The molecule has 0 radical (unpaired) electrons. The van der Waals surface area contributed by atoms with Crippen LogP contribution >= 0.6 is 11.6 Å². The number of aromatic nitrogens is 4. The summed E-state index contributed by atoms with van der Waals surface area (Å²) in [5.74, 6) is -2.76. The van der Waals surface area contributed by atoms with Crippen LogP contribution in [-0.4, -0.2) is 86.4 Å². The van der Waals surface area contributed by atoms with E-state index in [2.05, 4.69) is 48.9 Å². The molecule has 5 aliphatic rings. The lowest BCUT2D eigenvalue weighted by molar-refractivity contribution is -0.134. The van der Waals surface area contributed by atoms with Crippen molar-refractivity contribution in [1.82, 2.24) is 24.4 Å². The molecule has 2 aromatic carbocycles. The summed E-state index contributed by atoms with van der Waals surface area (Å²) in [6.45, 7) is 3.92. The molecule has 17 heteroatoms. The summed E-state index contributed by atoms with van der Waals surface area (Å²) in [4.78, 5) is 51.5. The van der Waals surface area contributed by atoms with E-state index >= 15 is 8.78 Å². The van der Waals surface area contributed by atoms with Gasteiger partial charge in [-0.3, -0.25) is 19.7 Å². The number of nitrogens with one attached hydrogen (secondary N) is 3. The Morgan fingerprint density at radius 3 is 2.49 bits per heavy atom. The summed E-state index contributed by atoms with van der Waals surface area (Å²) in [7, 11) is 3.57. The van der Waals surface area contributed by atoms with Gasteiger partial charge >= 0.3 is 5.92 Å². The van der Waals surface area contributed by atoms with E-state index in [-0.39, 0.29) is 41.0 Å². The first-order chi connectivity index (χ1) is 30.1. The Morgan fingerprint density at radius 2 is 1.75 bits per heavy atom. The van der Waals surface area contributed by atoms with E-state index < -0.39 is 29.7 Å². The number of hydrogen-bond acceptors (Lipinski definition) is 11. The van der Waals surface area contributed by atoms with E-state index in [1.54, 1.807) is 31.4 Å². The van der Waals surface area contributed by atoms with Crippen LogP contribution in [0.3, 0.4) is 0 Å². The van der Waals surface area contributed by atoms with Gasteiger partial charge in [0.2, 0.25) is 23.5 Å². The van der Waals surface area contributed by atoms with Gasteiger partial charge in [-0.15, -0.1) is 0 Å². The summed E-state index contributed by atoms with van der Waals surface area (Å²) >= 11 is 6.64. The zero-order chi connectivity index (χ0) is 43.9. The SMILES string of the molecule is Cn1cc(C2CCC(=O)NC2=O)c2ccc(N3CCC(CC4CCN(c5ncc(Cl)c(Nc6ccc7c(c6)c6c(c(=O)n7C)OCC(F)(F)C(C7CC7)N6)n5)CC4)C(C)(O)C3)cc21. The highest BCUT2D eigenvalue weighted by Gasteiger charge is 2.51. The van der Waals surface area contributed by atoms with Crippen LogP contribution in [0.4, 0.5) is 37.6 Å². The number of alkyl halides is 2. The number of pyridine rings is 1. The number of aliphatic hydroxyl groups is 1. The quantitative estimate of drug-likeness (QED) is 0.121. The van der Waals surface area contributed by atoms with Crippen molar-refractivity contribution < 1.29 is 28.2 Å². The van der Waals surface area contributed by atoms with Gasteiger partial charge in [-0.05, 0) is 106 Å². The van der Waals surface area contributed by atoms with Crippen LogP contribution in [0.15, 0.2) is 53.6 Å². The molecule has 4 fully saturated rings. The van der Waals surface area contributed by atoms with Gasteiger partial charge < -0.3 is 39.4 Å². The van der Waals surface area contributed by atoms with Crippen molar-refractivity contribution >= 4 is 74.0 Å². The maximum atomic E-state index is 15.2. The Hall–Kier alpha value is -5.48. The third-order valence-corrected chi connectivity index (χ3v) is 14.5. The van der Waals surface area contributed by atoms with E-state index in [4.69, 9.17) is 21.3 Å². The molecule has 0 spiro atoms. The minimum Gasteiger partial charge on any atom is -0.480 e. The lowest BCUT2D eigenvalue weighted by atomic mass is 9.75. The highest BCUT2D eigenvalue weighted by Crippen LogP contribution is 2.46. The molecule has 3 saturated heterocycles. The number of β-amino-alcohol motifs (C(OH)–C–C–N with tert-alkyl or cyclic N) is 1. The molecule has 14 nitrogen and oxygen atoms in total. The summed E-state index contributed by atoms with van der Waals surface area (Å²) in [5.41, 5.74) is 3.04. The van der Waals surface area contributed by atoms with Crippen molar-refractivity contribution in [1.29, 1.82) is 0 Å². The fourth-order valence-corrected chi connectivity index (χ4v) is 10.6. The molecule has 4 unspecified atom stereocenters. The van der Waals surface area contributed by atoms with Crippen LogP contribution in [0, 0.1) is 17.8 Å². The molecular weight excluding hydrogens is 832 g/mol. The molecule has 4 atom stereocenters. The van der Waals surface area contributed by atoms with Crippen molar-refractivity contribution in [3.05, 3.63) is 69.7 Å². The fraction of sp³-hybridized carbons (Fsp3) is 0.500. The van der Waals surface area contributed by atoms with Gasteiger partial charge in [0.05, 0.1) is 40.5 Å². The predicted octanol–water partition coefficient (Wildman–Crippen LogP) is 6.84. The number of anilines is 5. The zero-order valence-corrected chi connectivity index (χ0v) is 36.4. The van der Waals surface area contributed by atoms with Crippen molar-refractivity contribution in [3.63, 3.8) is 0 Å². The van der Waals surface area contributed by atoms with Gasteiger partial charge in [-0.2, -0.15) is 4.98 Å². The average molecular weight is 884 g/mol. The molecule has 10 rings (SSSR count). The first-order valence-corrected chi connectivity index (χ1v) is 22.4. The Labute approximate surface area is 367 Å². The Kier molecular flexibility index (Phi) is 10.3. The zero-order valence-electron chi connectivity index (χ0n) is 35.6. The van der Waals surface area contributed by atoms with Gasteiger partial charge in [0.15, 0.2) is 12.4 Å². The number of hydrogen-bond donors (Lipinski definition) is 4. The third kappa shape index (κ3) is 7.72. The van der Waals surface area contributed by atoms with Crippen molar-refractivity contribution in [2.24, 2.45) is 31.8 Å². The second-order valence-corrected chi connectivity index (χ2v) is 19.0. The van der Waals surface area contributed by atoms with E-state index in [0.29, 0.717) is 71.5 Å². The smallest absolute Gasteiger partial charge is 0.301 e. The molecule has 0 bridgehead atoms. The van der Waals surface area contributed by atoms with Gasteiger partial charge in [0.25, 0.3) is 5.56 Å². The van der Waals surface area contributed by atoms with Crippen LogP contribution in [-0.2, 0) is 23.7 Å². The molecule has 5 aromatic rings. The van der Waals surface area contributed by atoms with E-state index in [1.807, 2.05) is 24.7 Å². The highest BCUT2D eigenvalue weighted by molar-refractivity contribution is 6.33. The van der Waals surface area contributed by atoms with Crippen LogP contribution in [0.2, 0.25) is 5.02 Å². The molecule has 1 aliphatic carbocycles.